The van der Waals surface area contributed by atoms with E-state index in [9.17, 15) is 0 Å². The topological polar surface area (TPSA) is 27.8 Å². The fourth-order valence-corrected chi connectivity index (χ4v) is 3.12. The van der Waals surface area contributed by atoms with Crippen LogP contribution in [0.25, 0.3) is 10.9 Å². The third-order valence-corrected chi connectivity index (χ3v) is 4.13. The zero-order valence-electron chi connectivity index (χ0n) is 10.00. The van der Waals surface area contributed by atoms with Crippen molar-refractivity contribution in [2.45, 2.75) is 44.2 Å². The maximum Gasteiger partial charge on any atom is 0.0478 e. The van der Waals surface area contributed by atoms with Crippen molar-refractivity contribution < 1.29 is 0 Å². The number of aryl methyl sites for hydroxylation is 1. The Bertz CT molecular complexity index is 551. The molecule has 1 fully saturated rings. The van der Waals surface area contributed by atoms with Gasteiger partial charge >= 0.3 is 0 Å². The molecule has 1 saturated carbocycles. The van der Waals surface area contributed by atoms with Crippen LogP contribution in [0.1, 0.15) is 43.0 Å². The normalized spacial score (nSPS) is 23.9. The molecule has 2 aromatic rings. The van der Waals surface area contributed by atoms with Crippen LogP contribution in [0, 0.1) is 0 Å². The van der Waals surface area contributed by atoms with Gasteiger partial charge in [0.05, 0.1) is 0 Å². The molecule has 0 radical (unpaired) electrons. The zero-order chi connectivity index (χ0) is 11.2. The van der Waals surface area contributed by atoms with Gasteiger partial charge in [0.25, 0.3) is 0 Å². The number of nitrogens with one attached hydrogen (secondary N) is 2. The highest BCUT2D eigenvalue weighted by molar-refractivity contribution is 5.85. The highest BCUT2D eigenvalue weighted by atomic mass is 15.0. The third-order valence-electron chi connectivity index (χ3n) is 4.13. The summed E-state index contributed by atoms with van der Waals surface area (Å²) in [7, 11) is 0. The number of hydrogen-bond acceptors (Lipinski definition) is 1. The van der Waals surface area contributed by atoms with Crippen molar-refractivity contribution in [3.05, 3.63) is 35.5 Å². The molecule has 1 atom stereocenters. The molecular weight excluding hydrogens is 208 g/mol. The molecule has 0 spiro atoms. The van der Waals surface area contributed by atoms with E-state index >= 15 is 0 Å². The van der Waals surface area contributed by atoms with Crippen LogP contribution in [0.2, 0.25) is 0 Å². The molecule has 17 heavy (non-hydrogen) atoms. The molecule has 2 nitrogen and oxygen atoms in total. The van der Waals surface area contributed by atoms with E-state index < -0.39 is 0 Å². The number of fused-ring (bicyclic) bond motifs is 3. The fraction of sp³-hybridized carbons (Fsp3) is 0.467. The summed E-state index contributed by atoms with van der Waals surface area (Å²) in [6.45, 7) is 0. The molecule has 0 bridgehead atoms. The van der Waals surface area contributed by atoms with Gasteiger partial charge in [-0.1, -0.05) is 18.2 Å². The van der Waals surface area contributed by atoms with Gasteiger partial charge in [-0.25, -0.2) is 0 Å². The second-order valence-electron chi connectivity index (χ2n) is 5.45. The number of H-pyrrole nitrogens is 1. The van der Waals surface area contributed by atoms with E-state index in [2.05, 4.69) is 34.6 Å². The fourth-order valence-electron chi connectivity index (χ4n) is 3.12. The smallest absolute Gasteiger partial charge is 0.0478 e. The van der Waals surface area contributed by atoms with E-state index in [-0.39, 0.29) is 0 Å². The summed E-state index contributed by atoms with van der Waals surface area (Å²) in [6.07, 6.45) is 6.58. The number of aromatic amines is 1. The van der Waals surface area contributed by atoms with Crippen molar-refractivity contribution in [2.24, 2.45) is 0 Å². The predicted octanol–water partition coefficient (Wildman–Crippen LogP) is 3.30. The van der Waals surface area contributed by atoms with Crippen LogP contribution in [0.5, 0.6) is 0 Å². The molecule has 2 aliphatic rings. The Kier molecular flexibility index (Phi) is 2.06. The third kappa shape index (κ3) is 1.59. The lowest BCUT2D eigenvalue weighted by Gasteiger charge is -2.23. The quantitative estimate of drug-likeness (QED) is 0.808. The minimum atomic E-state index is 0.568. The Labute approximate surface area is 101 Å². The van der Waals surface area contributed by atoms with Crippen LogP contribution in [0.3, 0.4) is 0 Å². The lowest BCUT2D eigenvalue weighted by Crippen LogP contribution is -2.26. The molecule has 2 aliphatic carbocycles. The van der Waals surface area contributed by atoms with Crippen LogP contribution in [-0.4, -0.2) is 11.0 Å². The first-order valence-corrected chi connectivity index (χ1v) is 6.77. The predicted molar refractivity (Wildman–Crippen MR) is 70.1 cm³/mol. The van der Waals surface area contributed by atoms with Gasteiger partial charge in [0.2, 0.25) is 0 Å². The van der Waals surface area contributed by atoms with Crippen LogP contribution in [0.4, 0.5) is 0 Å². The monoisotopic (exact) mass is 226 g/mol. The molecule has 2 N–H and O–H groups in total. The summed E-state index contributed by atoms with van der Waals surface area (Å²) in [5.74, 6) is 0. The molecular formula is C15H18N2. The molecule has 4 rings (SSSR count). The molecule has 0 saturated heterocycles. The minimum Gasteiger partial charge on any atom is -0.357 e. The van der Waals surface area contributed by atoms with Gasteiger partial charge in [-0.3, -0.25) is 0 Å². The number of benzene rings is 1. The molecule has 1 unspecified atom stereocenters. The van der Waals surface area contributed by atoms with E-state index in [0.717, 1.165) is 6.04 Å². The molecule has 1 heterocycles. The van der Waals surface area contributed by atoms with Gasteiger partial charge < -0.3 is 10.3 Å². The summed E-state index contributed by atoms with van der Waals surface area (Å²) in [4.78, 5) is 3.64. The zero-order valence-corrected chi connectivity index (χ0v) is 10.00. The summed E-state index contributed by atoms with van der Waals surface area (Å²) >= 11 is 0. The largest absolute Gasteiger partial charge is 0.357 e. The Balaban J connectivity index is 1.80. The van der Waals surface area contributed by atoms with Crippen molar-refractivity contribution in [3.63, 3.8) is 0 Å². The number of hydrogen-bond donors (Lipinski definition) is 2. The molecule has 1 aromatic carbocycles. The maximum absolute atomic E-state index is 3.78. The molecule has 2 heteroatoms. The Hall–Kier alpha value is -1.28. The number of rotatable bonds is 2. The van der Waals surface area contributed by atoms with Gasteiger partial charge in [0.15, 0.2) is 0 Å². The Morgan fingerprint density at radius 2 is 2.00 bits per heavy atom. The summed E-state index contributed by atoms with van der Waals surface area (Å²) < 4.78 is 0. The highest BCUT2D eigenvalue weighted by Crippen LogP contribution is 2.36. The van der Waals surface area contributed by atoms with Gasteiger partial charge in [0.1, 0.15) is 0 Å². The summed E-state index contributed by atoms with van der Waals surface area (Å²) in [5.41, 5.74) is 4.33. The van der Waals surface area contributed by atoms with Crippen LogP contribution in [-0.2, 0) is 6.42 Å². The first-order chi connectivity index (χ1) is 8.42. The lowest BCUT2D eigenvalue weighted by atomic mass is 9.91. The molecule has 0 amide bonds. The maximum atomic E-state index is 3.78. The second kappa shape index (κ2) is 3.61. The van der Waals surface area contributed by atoms with Gasteiger partial charge in [0, 0.05) is 28.7 Å². The van der Waals surface area contributed by atoms with Crippen molar-refractivity contribution in [2.75, 3.05) is 0 Å². The lowest BCUT2D eigenvalue weighted by molar-refractivity contribution is 0.451. The first kappa shape index (κ1) is 9.72. The first-order valence-electron chi connectivity index (χ1n) is 6.77. The number of para-hydroxylation sites is 1. The van der Waals surface area contributed by atoms with Crippen molar-refractivity contribution in [1.29, 1.82) is 0 Å². The molecule has 88 valence electrons. The van der Waals surface area contributed by atoms with Gasteiger partial charge in [-0.05, 0) is 43.7 Å². The minimum absolute atomic E-state index is 0.568. The standard InChI is InChI=1S/C15H18N2/c1-2-6-13-11(4-1)12-5-3-7-14(15(12)17-13)16-10-8-9-10/h1-2,4,6,10,14,16-17H,3,5,7-9H2. The van der Waals surface area contributed by atoms with Crippen LogP contribution < -0.4 is 5.32 Å². The number of aromatic nitrogens is 1. The van der Waals surface area contributed by atoms with Crippen LogP contribution in [0.15, 0.2) is 24.3 Å². The van der Waals surface area contributed by atoms with E-state index in [0.29, 0.717) is 6.04 Å². The molecule has 1 aromatic heterocycles. The average molecular weight is 226 g/mol. The van der Waals surface area contributed by atoms with Gasteiger partial charge in [-0.2, -0.15) is 0 Å². The highest BCUT2D eigenvalue weighted by Gasteiger charge is 2.29. The van der Waals surface area contributed by atoms with Crippen molar-refractivity contribution in [3.8, 4) is 0 Å². The summed E-state index contributed by atoms with van der Waals surface area (Å²) in [5, 5.41) is 5.21. The van der Waals surface area contributed by atoms with E-state index in [1.807, 2.05) is 0 Å². The van der Waals surface area contributed by atoms with Crippen molar-refractivity contribution >= 4 is 10.9 Å². The van der Waals surface area contributed by atoms with E-state index in [1.54, 1.807) is 5.56 Å². The SMILES string of the molecule is c1ccc2c3c([nH]c2c1)C(NC1CC1)CCC3. The summed E-state index contributed by atoms with van der Waals surface area (Å²) in [6, 6.07) is 10.1. The Morgan fingerprint density at radius 3 is 2.88 bits per heavy atom. The second-order valence-corrected chi connectivity index (χ2v) is 5.45. The van der Waals surface area contributed by atoms with E-state index in [1.165, 1.54) is 48.7 Å². The van der Waals surface area contributed by atoms with Crippen LogP contribution >= 0.6 is 0 Å². The Morgan fingerprint density at radius 1 is 1.12 bits per heavy atom. The average Bonchev–Trinajstić information content (AvgIpc) is 3.08. The van der Waals surface area contributed by atoms with Gasteiger partial charge in [-0.15, -0.1) is 0 Å². The van der Waals surface area contributed by atoms with Crippen molar-refractivity contribution in [1.82, 2.24) is 10.3 Å². The van der Waals surface area contributed by atoms with E-state index in [4.69, 9.17) is 0 Å². The molecule has 0 aliphatic heterocycles.